The van der Waals surface area contributed by atoms with Crippen molar-refractivity contribution >= 4 is 0 Å². The second-order valence-electron chi connectivity index (χ2n) is 0. The summed E-state index contributed by atoms with van der Waals surface area (Å²) in [4.78, 5) is 0. The molecule has 0 saturated heterocycles. The molecule has 0 aromatic heterocycles. The molecule has 0 aliphatic carbocycles. The third-order valence-electron chi connectivity index (χ3n) is 0. The molecular weight excluding hydrogens is 164 g/mol. The maximum atomic E-state index is 6.25. The van der Waals surface area contributed by atoms with Crippen LogP contribution in [0.15, 0.2) is 0 Å². The van der Waals surface area contributed by atoms with E-state index in [1.165, 1.54) is 0 Å². The molecule has 0 rings (SSSR count). The number of nitrogens with zero attached hydrogens (tertiary/aromatic N) is 2. The molecule has 0 unspecified atom stereocenters. The van der Waals surface area contributed by atoms with Crippen molar-refractivity contribution in [2.75, 3.05) is 0 Å². The van der Waals surface area contributed by atoms with Crippen LogP contribution in [0.5, 0.6) is 0 Å². The smallest absolute Gasteiger partial charge is 0 e. The molecule has 6 heavy (non-hydrogen) atoms. The van der Waals surface area contributed by atoms with Gasteiger partial charge in [-0.15, -0.1) is 0 Å². The molecule has 0 aliphatic heterocycles. The summed E-state index contributed by atoms with van der Waals surface area (Å²) in [7, 11) is 0. The van der Waals surface area contributed by atoms with E-state index in [0.29, 0.717) is 0 Å². The normalized spacial score (nSPS) is 0.667. The zero-order valence-corrected chi connectivity index (χ0v) is 4.81. The quantitative estimate of drug-likeness (QED) is 0.378. The van der Waals surface area contributed by atoms with Gasteiger partial charge in [0.2, 0.25) is 0 Å². The largest absolute Gasteiger partial charge is 0.512 e. The molecule has 0 aromatic carbocycles. The molecule has 0 heterocycles. The summed E-state index contributed by atoms with van der Waals surface area (Å²) in [5.74, 6) is 0. The topological polar surface area (TPSA) is 47.6 Å². The molecule has 0 aromatic rings. The van der Waals surface area contributed by atoms with E-state index in [-0.39, 0.29) is 34.1 Å². The first-order valence-electron chi connectivity index (χ1n) is 0.447. The monoisotopic (exact) mass is 164 g/mol. The Morgan fingerprint density at radius 3 is 0.667 bits per heavy atom. The van der Waals surface area contributed by atoms with Gasteiger partial charge in [0.25, 0.3) is 0 Å². The molecule has 0 atom stereocenters. The second kappa shape index (κ2) is 225000. The third kappa shape index (κ3) is 102000. The Morgan fingerprint density at radius 1 is 0.667 bits per heavy atom. The Bertz CT molecular complexity index is 25.0. The van der Waals surface area contributed by atoms with Gasteiger partial charge < -0.3 is 23.7 Å². The molecule has 4 heteroatoms. The summed E-state index contributed by atoms with van der Waals surface area (Å²) in [5, 5.41) is 12.5. The van der Waals surface area contributed by atoms with Crippen molar-refractivity contribution in [3.63, 3.8) is 0 Å². The second-order valence-corrected chi connectivity index (χ2v) is 0. The maximum absolute atomic E-state index is 6.25. The molecular formula is C2Fe2N2-2. The molecule has 0 aliphatic rings. The summed E-state index contributed by atoms with van der Waals surface area (Å²) < 4.78 is 0. The summed E-state index contributed by atoms with van der Waals surface area (Å²) in [6.07, 6.45) is 0. The van der Waals surface area contributed by atoms with Crippen LogP contribution < -0.4 is 0 Å². The van der Waals surface area contributed by atoms with Gasteiger partial charge in [-0.25, -0.2) is 0 Å². The fourth-order valence-corrected chi connectivity index (χ4v) is 0. The van der Waals surface area contributed by atoms with Crippen LogP contribution >= 0.6 is 0 Å². The minimum atomic E-state index is 0. The van der Waals surface area contributed by atoms with Crippen molar-refractivity contribution in [3.8, 4) is 0 Å². The fourth-order valence-electron chi connectivity index (χ4n) is 0. The molecule has 0 saturated carbocycles. The Kier molecular flexibility index (Phi) is 1400000. The van der Waals surface area contributed by atoms with Gasteiger partial charge in [0, 0.05) is 34.1 Å². The Labute approximate surface area is 58.1 Å². The first kappa shape index (κ1) is 37.2. The van der Waals surface area contributed by atoms with Crippen LogP contribution in [0.3, 0.4) is 0 Å². The van der Waals surface area contributed by atoms with Gasteiger partial charge in [0.15, 0.2) is 0 Å². The van der Waals surface area contributed by atoms with Crippen LogP contribution in [-0.4, -0.2) is 0 Å². The van der Waals surface area contributed by atoms with Gasteiger partial charge in [-0.3, -0.25) is 0 Å². The van der Waals surface area contributed by atoms with E-state index < -0.39 is 0 Å². The van der Waals surface area contributed by atoms with Crippen molar-refractivity contribution in [3.05, 3.63) is 13.1 Å². The van der Waals surface area contributed by atoms with Crippen LogP contribution in [-0.2, 0) is 34.1 Å². The third-order valence-corrected chi connectivity index (χ3v) is 0. The van der Waals surface area contributed by atoms with Gasteiger partial charge >= 0.3 is 0 Å². The predicted octanol–water partition coefficient (Wildman–Crippen LogP) is 0.188. The van der Waals surface area contributed by atoms with Gasteiger partial charge in [-0.1, -0.05) is 0 Å². The zero-order valence-electron chi connectivity index (χ0n) is 2.60. The van der Waals surface area contributed by atoms with Gasteiger partial charge in [0.1, 0.15) is 0 Å². The fraction of sp³-hybridized carbons (Fsp3) is 0. The van der Waals surface area contributed by atoms with E-state index in [1.807, 2.05) is 0 Å². The van der Waals surface area contributed by atoms with E-state index >= 15 is 0 Å². The first-order valence-corrected chi connectivity index (χ1v) is 0.447. The Balaban J connectivity index is -0.00000000500. The molecule has 36 valence electrons. The molecule has 0 spiro atoms. The van der Waals surface area contributed by atoms with Crippen molar-refractivity contribution in [2.24, 2.45) is 0 Å². The summed E-state index contributed by atoms with van der Waals surface area (Å²) >= 11 is 0. The number of hydrogen-bond donors (Lipinski definition) is 0. The van der Waals surface area contributed by atoms with E-state index in [1.54, 1.807) is 0 Å². The van der Waals surface area contributed by atoms with Crippen LogP contribution in [0.25, 0.3) is 0 Å². The standard InChI is InChI=1S/2CN.2Fe/c2*1-2;;/q2*-1;;. The molecule has 0 bridgehead atoms. The molecule has 2 nitrogen and oxygen atoms in total. The van der Waals surface area contributed by atoms with E-state index in [4.69, 9.17) is 23.7 Å². The van der Waals surface area contributed by atoms with Crippen LogP contribution in [0, 0.1) is 23.7 Å². The summed E-state index contributed by atoms with van der Waals surface area (Å²) in [6, 6.07) is 0. The summed E-state index contributed by atoms with van der Waals surface area (Å²) in [5.41, 5.74) is 0. The van der Waals surface area contributed by atoms with Crippen LogP contribution in [0.4, 0.5) is 0 Å². The maximum Gasteiger partial charge on any atom is 0 e. The van der Waals surface area contributed by atoms with Crippen molar-refractivity contribution in [1.82, 2.24) is 0 Å². The Morgan fingerprint density at radius 2 is 0.667 bits per heavy atom. The van der Waals surface area contributed by atoms with Crippen LogP contribution in [0.1, 0.15) is 0 Å². The van der Waals surface area contributed by atoms with Gasteiger partial charge in [0.05, 0.1) is 0 Å². The average molecular weight is 164 g/mol. The van der Waals surface area contributed by atoms with E-state index in [2.05, 4.69) is 0 Å². The minimum Gasteiger partial charge on any atom is -0.512 e. The summed E-state index contributed by atoms with van der Waals surface area (Å²) in [6.45, 7) is 9.50. The molecule has 0 N–H and O–H groups in total. The Hall–Kier alpha value is 0.0190. The van der Waals surface area contributed by atoms with Crippen LogP contribution in [0.2, 0.25) is 0 Å². The predicted molar refractivity (Wildman–Crippen MR) is 9.94 cm³/mol. The van der Waals surface area contributed by atoms with Crippen molar-refractivity contribution in [1.29, 1.82) is 10.5 Å². The van der Waals surface area contributed by atoms with Gasteiger partial charge in [-0.05, 0) is 0 Å². The first-order chi connectivity index (χ1) is 2.00. The zero-order chi connectivity index (χ0) is 4.00. The molecule has 0 amide bonds. The van der Waals surface area contributed by atoms with Gasteiger partial charge in [-0.2, -0.15) is 0 Å². The molecule has 0 fully saturated rings. The van der Waals surface area contributed by atoms with E-state index in [9.17, 15) is 0 Å². The molecule has 0 radical (unpaired) electrons. The number of rotatable bonds is 0. The number of hydrogen-bond acceptors (Lipinski definition) is 2. The SMILES string of the molecule is [C-]#N.[C-]#N.[Fe].[Fe]. The van der Waals surface area contributed by atoms with E-state index in [0.717, 1.165) is 0 Å². The van der Waals surface area contributed by atoms with Crippen molar-refractivity contribution < 1.29 is 34.1 Å². The average Bonchev–Trinajstić information content (AvgIpc) is 1.50. The minimum absolute atomic E-state index is 0. The van der Waals surface area contributed by atoms with Crippen molar-refractivity contribution in [2.45, 2.75) is 0 Å².